The molecule has 6 nitrogen and oxygen atoms in total. The number of rotatable bonds is 4. The second-order valence-corrected chi connectivity index (χ2v) is 6.32. The maximum atomic E-state index is 12.7. The summed E-state index contributed by atoms with van der Waals surface area (Å²) in [6.07, 6.45) is 0. The van der Waals surface area contributed by atoms with Crippen LogP contribution in [-0.4, -0.2) is 29.2 Å². The molecule has 1 aliphatic rings. The Balaban J connectivity index is 1.53. The van der Waals surface area contributed by atoms with Gasteiger partial charge in [-0.1, -0.05) is 36.4 Å². The van der Waals surface area contributed by atoms with E-state index in [0.717, 1.165) is 16.5 Å². The molecule has 1 aliphatic heterocycles. The largest absolute Gasteiger partial charge is 0.507 e. The van der Waals surface area contributed by atoms with E-state index >= 15 is 0 Å². The highest BCUT2D eigenvalue weighted by molar-refractivity contribution is 6.26. The Hall–Kier alpha value is -3.67. The topological polar surface area (TPSA) is 82.0 Å². The zero-order valence-electron chi connectivity index (χ0n) is 14.6. The van der Waals surface area contributed by atoms with Gasteiger partial charge in [0.25, 0.3) is 11.8 Å². The molecule has 0 bridgehead atoms. The number of amides is 2. The summed E-state index contributed by atoms with van der Waals surface area (Å²) in [5, 5.41) is 15.7. The fraction of sp³-hybridized carbons (Fsp3) is 0.0952. The summed E-state index contributed by atoms with van der Waals surface area (Å²) < 4.78 is 0. The Bertz CT molecular complexity index is 1100. The van der Waals surface area contributed by atoms with Gasteiger partial charge in [0.05, 0.1) is 11.4 Å². The number of para-hydroxylation sites is 1. The fourth-order valence-electron chi connectivity index (χ4n) is 3.30. The van der Waals surface area contributed by atoms with Gasteiger partial charge >= 0.3 is 0 Å². The molecule has 3 aromatic rings. The van der Waals surface area contributed by atoms with Crippen LogP contribution in [0.3, 0.4) is 0 Å². The molecule has 0 saturated carbocycles. The first-order chi connectivity index (χ1) is 13.1. The zero-order chi connectivity index (χ0) is 19.0. The lowest BCUT2D eigenvalue weighted by molar-refractivity contribution is -0.119. The van der Waals surface area contributed by atoms with Gasteiger partial charge in [0, 0.05) is 16.5 Å². The van der Waals surface area contributed by atoms with Crippen molar-refractivity contribution in [2.75, 3.05) is 11.4 Å². The lowest BCUT2D eigenvalue weighted by atomic mass is 10.1. The lowest BCUT2D eigenvalue weighted by Gasteiger charge is -2.16. The molecule has 2 amide bonds. The number of hydrogen-bond acceptors (Lipinski definition) is 4. The van der Waals surface area contributed by atoms with Gasteiger partial charge < -0.3 is 5.11 Å². The fourth-order valence-corrected chi connectivity index (χ4v) is 3.30. The van der Waals surface area contributed by atoms with Crippen LogP contribution in [0.2, 0.25) is 0 Å². The van der Waals surface area contributed by atoms with Gasteiger partial charge in [0.1, 0.15) is 12.3 Å². The summed E-state index contributed by atoms with van der Waals surface area (Å²) in [5.41, 5.74) is 4.79. The molecular weight excluding hydrogens is 342 g/mol. The summed E-state index contributed by atoms with van der Waals surface area (Å²) in [5.74, 6) is -0.522. The Morgan fingerprint density at radius 2 is 1.81 bits per heavy atom. The first-order valence-corrected chi connectivity index (χ1v) is 8.51. The molecule has 3 aromatic carbocycles. The third kappa shape index (κ3) is 2.91. The number of anilines is 1. The van der Waals surface area contributed by atoms with E-state index in [4.69, 9.17) is 0 Å². The molecule has 0 aliphatic carbocycles. The number of hydrogen-bond donors (Lipinski definition) is 2. The van der Waals surface area contributed by atoms with Gasteiger partial charge in [-0.3, -0.25) is 14.5 Å². The predicted molar refractivity (Wildman–Crippen MR) is 104 cm³/mol. The van der Waals surface area contributed by atoms with Gasteiger partial charge in [0.15, 0.2) is 0 Å². The lowest BCUT2D eigenvalue weighted by Crippen LogP contribution is -2.37. The summed E-state index contributed by atoms with van der Waals surface area (Å²) in [6.45, 7) is 1.55. The molecule has 0 atom stereocenters. The summed E-state index contributed by atoms with van der Waals surface area (Å²) >= 11 is 0. The highest BCUT2D eigenvalue weighted by Crippen LogP contribution is 2.36. The van der Waals surface area contributed by atoms with Crippen molar-refractivity contribution >= 4 is 34.0 Å². The van der Waals surface area contributed by atoms with Crippen molar-refractivity contribution in [3.8, 4) is 5.75 Å². The minimum atomic E-state index is -0.414. The number of benzene rings is 3. The minimum absolute atomic E-state index is 0.0878. The molecule has 0 unspecified atom stereocenters. The van der Waals surface area contributed by atoms with Crippen LogP contribution in [0.5, 0.6) is 5.75 Å². The first kappa shape index (κ1) is 16.8. The molecule has 0 aromatic heterocycles. The van der Waals surface area contributed by atoms with Crippen molar-refractivity contribution in [2.45, 2.75) is 6.92 Å². The number of carbonyl (C=O) groups is 2. The standard InChI is InChI=1S/C21H17N3O3/c1-13(15-8-2-3-11-18(15)25)22-23-19(26)12-24-17-10-5-7-14-6-4-9-16(20(14)17)21(24)27/h2-11,25H,12H2,1H3,(H,23,26)/b22-13-. The SMILES string of the molecule is C/C(=N/NC(=O)CN1C(=O)c2cccc3cccc1c23)c1ccccc1O. The van der Waals surface area contributed by atoms with E-state index in [9.17, 15) is 14.7 Å². The molecule has 0 radical (unpaired) electrons. The molecule has 2 N–H and O–H groups in total. The van der Waals surface area contributed by atoms with Crippen LogP contribution in [0.4, 0.5) is 5.69 Å². The number of phenolic OH excluding ortho intramolecular Hbond substituents is 1. The second-order valence-electron chi connectivity index (χ2n) is 6.32. The van der Waals surface area contributed by atoms with E-state index in [0.29, 0.717) is 16.8 Å². The smallest absolute Gasteiger partial charge is 0.260 e. The third-order valence-electron chi connectivity index (χ3n) is 4.59. The molecule has 0 fully saturated rings. The number of carbonyl (C=O) groups excluding carboxylic acids is 2. The van der Waals surface area contributed by atoms with Gasteiger partial charge in [-0.25, -0.2) is 5.43 Å². The highest BCUT2D eigenvalue weighted by Gasteiger charge is 2.30. The van der Waals surface area contributed by atoms with E-state index in [1.165, 1.54) is 4.90 Å². The van der Waals surface area contributed by atoms with Crippen LogP contribution in [0.1, 0.15) is 22.8 Å². The van der Waals surface area contributed by atoms with Crippen LogP contribution >= 0.6 is 0 Å². The molecular formula is C21H17N3O3. The maximum Gasteiger partial charge on any atom is 0.260 e. The molecule has 6 heteroatoms. The van der Waals surface area contributed by atoms with E-state index in [1.807, 2.05) is 30.3 Å². The van der Waals surface area contributed by atoms with Crippen LogP contribution in [-0.2, 0) is 4.79 Å². The highest BCUT2D eigenvalue weighted by atomic mass is 16.3. The van der Waals surface area contributed by atoms with Crippen molar-refractivity contribution < 1.29 is 14.7 Å². The van der Waals surface area contributed by atoms with Gasteiger partial charge in [-0.2, -0.15) is 5.10 Å². The Morgan fingerprint density at radius 1 is 1.07 bits per heavy atom. The van der Waals surface area contributed by atoms with Crippen molar-refractivity contribution in [1.82, 2.24) is 5.43 Å². The summed E-state index contributed by atoms with van der Waals surface area (Å²) in [7, 11) is 0. The maximum absolute atomic E-state index is 12.7. The number of nitrogens with zero attached hydrogens (tertiary/aromatic N) is 2. The van der Waals surface area contributed by atoms with Crippen molar-refractivity contribution in [1.29, 1.82) is 0 Å². The summed E-state index contributed by atoms with van der Waals surface area (Å²) in [4.78, 5) is 26.5. The molecule has 0 spiro atoms. The monoisotopic (exact) mass is 359 g/mol. The minimum Gasteiger partial charge on any atom is -0.507 e. The molecule has 4 rings (SSSR count). The van der Waals surface area contributed by atoms with Gasteiger partial charge in [-0.15, -0.1) is 0 Å². The van der Waals surface area contributed by atoms with Crippen molar-refractivity contribution in [3.63, 3.8) is 0 Å². The first-order valence-electron chi connectivity index (χ1n) is 8.51. The third-order valence-corrected chi connectivity index (χ3v) is 4.59. The summed E-state index contributed by atoms with van der Waals surface area (Å²) in [6, 6.07) is 17.9. The van der Waals surface area contributed by atoms with Crippen LogP contribution in [0.25, 0.3) is 10.8 Å². The zero-order valence-corrected chi connectivity index (χ0v) is 14.6. The van der Waals surface area contributed by atoms with Gasteiger partial charge in [-0.05, 0) is 36.6 Å². The number of aromatic hydroxyl groups is 1. The van der Waals surface area contributed by atoms with E-state index in [-0.39, 0.29) is 18.2 Å². The van der Waals surface area contributed by atoms with Crippen LogP contribution in [0.15, 0.2) is 65.8 Å². The average Bonchev–Trinajstić information content (AvgIpc) is 2.95. The van der Waals surface area contributed by atoms with Gasteiger partial charge in [0.2, 0.25) is 0 Å². The quantitative estimate of drug-likeness (QED) is 0.555. The van der Waals surface area contributed by atoms with Crippen molar-refractivity contribution in [3.05, 3.63) is 71.8 Å². The van der Waals surface area contributed by atoms with E-state index in [2.05, 4.69) is 10.5 Å². The molecule has 134 valence electrons. The van der Waals surface area contributed by atoms with Crippen molar-refractivity contribution in [2.24, 2.45) is 5.10 Å². The number of hydrazone groups is 1. The second kappa shape index (κ2) is 6.57. The van der Waals surface area contributed by atoms with E-state index in [1.54, 1.807) is 37.3 Å². The normalized spacial score (nSPS) is 13.3. The Labute approximate surface area is 155 Å². The number of nitrogens with one attached hydrogen (secondary N) is 1. The van der Waals surface area contributed by atoms with E-state index < -0.39 is 5.91 Å². The predicted octanol–water partition coefficient (Wildman–Crippen LogP) is 3.05. The molecule has 0 saturated heterocycles. The average molecular weight is 359 g/mol. The Kier molecular flexibility index (Phi) is 4.08. The molecule has 27 heavy (non-hydrogen) atoms. The molecule has 1 heterocycles. The number of phenols is 1. The van der Waals surface area contributed by atoms with Crippen LogP contribution < -0.4 is 10.3 Å². The van der Waals surface area contributed by atoms with Crippen LogP contribution in [0, 0.1) is 0 Å². The Morgan fingerprint density at radius 3 is 2.59 bits per heavy atom.